The van der Waals surface area contributed by atoms with Gasteiger partial charge in [-0.15, -0.1) is 0 Å². The molecule has 0 unspecified atom stereocenters. The average molecular weight is 338 g/mol. The van der Waals surface area contributed by atoms with Crippen LogP contribution in [-0.4, -0.2) is 61.0 Å². The van der Waals surface area contributed by atoms with Crippen LogP contribution in [0.25, 0.3) is 0 Å². The fraction of sp³-hybridized carbons (Fsp3) is 0.533. The lowest BCUT2D eigenvalue weighted by Gasteiger charge is -2.46. The van der Waals surface area contributed by atoms with Gasteiger partial charge in [0, 0.05) is 55.3 Å². The molecule has 108 valence electrons. The number of likely N-dealkylation sites (tertiary alicyclic amines) is 1. The SMILES string of the molecule is Cc1cc(Br)ccc1C(=O)N1CC(N2CCNCC2)C1. The molecule has 0 atom stereocenters. The second kappa shape index (κ2) is 5.84. The number of amides is 1. The summed E-state index contributed by atoms with van der Waals surface area (Å²) in [6, 6.07) is 6.41. The normalized spacial score (nSPS) is 20.8. The first-order chi connectivity index (χ1) is 9.65. The lowest BCUT2D eigenvalue weighted by Crippen LogP contribution is -2.63. The minimum atomic E-state index is 0.168. The fourth-order valence-electron chi connectivity index (χ4n) is 2.94. The van der Waals surface area contributed by atoms with Crippen molar-refractivity contribution in [2.75, 3.05) is 39.3 Å². The summed E-state index contributed by atoms with van der Waals surface area (Å²) in [5.74, 6) is 0.168. The molecule has 2 aliphatic heterocycles. The van der Waals surface area contributed by atoms with E-state index in [0.29, 0.717) is 6.04 Å². The number of hydrogen-bond acceptors (Lipinski definition) is 3. The molecule has 0 aromatic heterocycles. The van der Waals surface area contributed by atoms with Crippen LogP contribution >= 0.6 is 15.9 Å². The number of carbonyl (C=O) groups is 1. The summed E-state index contributed by atoms with van der Waals surface area (Å²) >= 11 is 3.44. The number of piperazine rings is 1. The molecule has 2 saturated heterocycles. The Morgan fingerprint density at radius 2 is 2.00 bits per heavy atom. The van der Waals surface area contributed by atoms with Crippen molar-refractivity contribution in [1.29, 1.82) is 0 Å². The highest BCUT2D eigenvalue weighted by molar-refractivity contribution is 9.10. The van der Waals surface area contributed by atoms with Crippen LogP contribution in [0.1, 0.15) is 15.9 Å². The van der Waals surface area contributed by atoms with Gasteiger partial charge in [0.15, 0.2) is 0 Å². The highest BCUT2D eigenvalue weighted by atomic mass is 79.9. The van der Waals surface area contributed by atoms with Gasteiger partial charge in [-0.2, -0.15) is 0 Å². The van der Waals surface area contributed by atoms with Crippen molar-refractivity contribution < 1.29 is 4.79 Å². The summed E-state index contributed by atoms with van der Waals surface area (Å²) < 4.78 is 1.02. The van der Waals surface area contributed by atoms with Crippen LogP contribution in [0.5, 0.6) is 0 Å². The van der Waals surface area contributed by atoms with Gasteiger partial charge in [0.2, 0.25) is 0 Å². The molecule has 20 heavy (non-hydrogen) atoms. The molecule has 3 rings (SSSR count). The van der Waals surface area contributed by atoms with Crippen molar-refractivity contribution in [3.63, 3.8) is 0 Å². The Kier molecular flexibility index (Phi) is 4.10. The Labute approximate surface area is 128 Å². The van der Waals surface area contributed by atoms with E-state index in [4.69, 9.17) is 0 Å². The maximum Gasteiger partial charge on any atom is 0.254 e. The van der Waals surface area contributed by atoms with E-state index in [0.717, 1.165) is 54.9 Å². The van der Waals surface area contributed by atoms with Gasteiger partial charge in [-0.25, -0.2) is 0 Å². The molecular weight excluding hydrogens is 318 g/mol. The van der Waals surface area contributed by atoms with Gasteiger partial charge < -0.3 is 10.2 Å². The Hall–Kier alpha value is -0.910. The number of aryl methyl sites for hydroxylation is 1. The quantitative estimate of drug-likeness (QED) is 0.888. The van der Waals surface area contributed by atoms with Gasteiger partial charge in [-0.3, -0.25) is 9.69 Å². The van der Waals surface area contributed by atoms with Crippen LogP contribution in [0.15, 0.2) is 22.7 Å². The predicted molar refractivity (Wildman–Crippen MR) is 83.0 cm³/mol. The summed E-state index contributed by atoms with van der Waals surface area (Å²) in [4.78, 5) is 16.9. The first-order valence-corrected chi connectivity index (χ1v) is 7.94. The monoisotopic (exact) mass is 337 g/mol. The van der Waals surface area contributed by atoms with Gasteiger partial charge in [0.05, 0.1) is 0 Å². The van der Waals surface area contributed by atoms with Crippen LogP contribution in [0.2, 0.25) is 0 Å². The van der Waals surface area contributed by atoms with Crippen molar-refractivity contribution in [3.05, 3.63) is 33.8 Å². The molecular formula is C15H20BrN3O. The van der Waals surface area contributed by atoms with E-state index in [1.165, 1.54) is 0 Å². The van der Waals surface area contributed by atoms with E-state index in [1.54, 1.807) is 0 Å². The van der Waals surface area contributed by atoms with Crippen LogP contribution in [0, 0.1) is 6.92 Å². The van der Waals surface area contributed by atoms with Gasteiger partial charge in [0.25, 0.3) is 5.91 Å². The van der Waals surface area contributed by atoms with E-state index >= 15 is 0 Å². The molecule has 0 spiro atoms. The second-order valence-electron chi connectivity index (χ2n) is 5.61. The zero-order valence-electron chi connectivity index (χ0n) is 11.7. The molecule has 1 N–H and O–H groups in total. The van der Waals surface area contributed by atoms with Crippen LogP contribution < -0.4 is 5.32 Å². The van der Waals surface area contributed by atoms with Crippen LogP contribution in [-0.2, 0) is 0 Å². The summed E-state index contributed by atoms with van der Waals surface area (Å²) in [5, 5.41) is 3.36. The molecule has 0 saturated carbocycles. The predicted octanol–water partition coefficient (Wildman–Crippen LogP) is 1.49. The second-order valence-corrected chi connectivity index (χ2v) is 6.52. The lowest BCUT2D eigenvalue weighted by atomic mass is 10.0. The molecule has 0 bridgehead atoms. The molecule has 0 radical (unpaired) electrons. The molecule has 0 aliphatic carbocycles. The lowest BCUT2D eigenvalue weighted by molar-refractivity contribution is 0.0226. The Bertz CT molecular complexity index is 508. The summed E-state index contributed by atoms with van der Waals surface area (Å²) in [6.45, 7) is 8.06. The van der Waals surface area contributed by atoms with Gasteiger partial charge in [0.1, 0.15) is 0 Å². The maximum atomic E-state index is 12.5. The van der Waals surface area contributed by atoms with E-state index in [-0.39, 0.29) is 5.91 Å². The molecule has 4 nitrogen and oxygen atoms in total. The zero-order valence-corrected chi connectivity index (χ0v) is 13.3. The molecule has 1 aromatic carbocycles. The van der Waals surface area contributed by atoms with Crippen molar-refractivity contribution in [2.24, 2.45) is 0 Å². The van der Waals surface area contributed by atoms with E-state index in [9.17, 15) is 4.79 Å². The number of benzene rings is 1. The first kappa shape index (κ1) is 14.0. The Morgan fingerprint density at radius 3 is 2.65 bits per heavy atom. The average Bonchev–Trinajstić information content (AvgIpc) is 2.38. The largest absolute Gasteiger partial charge is 0.335 e. The van der Waals surface area contributed by atoms with Crippen molar-refractivity contribution in [3.8, 4) is 0 Å². The molecule has 5 heteroatoms. The maximum absolute atomic E-state index is 12.5. The smallest absolute Gasteiger partial charge is 0.254 e. The highest BCUT2D eigenvalue weighted by Gasteiger charge is 2.35. The zero-order chi connectivity index (χ0) is 14.1. The van der Waals surface area contributed by atoms with Gasteiger partial charge >= 0.3 is 0 Å². The van der Waals surface area contributed by atoms with Crippen LogP contribution in [0.4, 0.5) is 0 Å². The summed E-state index contributed by atoms with van der Waals surface area (Å²) in [6.07, 6.45) is 0. The number of carbonyl (C=O) groups excluding carboxylic acids is 1. The Morgan fingerprint density at radius 1 is 1.30 bits per heavy atom. The number of nitrogens with one attached hydrogen (secondary N) is 1. The summed E-state index contributed by atoms with van der Waals surface area (Å²) in [5.41, 5.74) is 1.86. The Balaban J connectivity index is 1.60. The fourth-order valence-corrected chi connectivity index (χ4v) is 3.41. The summed E-state index contributed by atoms with van der Waals surface area (Å²) in [7, 11) is 0. The van der Waals surface area contributed by atoms with Crippen molar-refractivity contribution in [2.45, 2.75) is 13.0 Å². The topological polar surface area (TPSA) is 35.6 Å². The standard InChI is InChI=1S/C15H20BrN3O/c1-11-8-12(16)2-3-14(11)15(20)19-9-13(10-19)18-6-4-17-5-7-18/h2-3,8,13,17H,4-7,9-10H2,1H3. The third-order valence-corrected chi connectivity index (χ3v) is 4.73. The highest BCUT2D eigenvalue weighted by Crippen LogP contribution is 2.22. The molecule has 1 aromatic rings. The van der Waals surface area contributed by atoms with Gasteiger partial charge in [-0.05, 0) is 30.7 Å². The number of nitrogens with zero attached hydrogens (tertiary/aromatic N) is 2. The van der Waals surface area contributed by atoms with Crippen molar-refractivity contribution >= 4 is 21.8 Å². The minimum absolute atomic E-state index is 0.168. The molecule has 2 heterocycles. The molecule has 2 aliphatic rings. The number of hydrogen-bond donors (Lipinski definition) is 1. The van der Waals surface area contributed by atoms with E-state index in [2.05, 4.69) is 26.1 Å². The minimum Gasteiger partial charge on any atom is -0.335 e. The molecule has 1 amide bonds. The van der Waals surface area contributed by atoms with E-state index in [1.807, 2.05) is 30.0 Å². The first-order valence-electron chi connectivity index (χ1n) is 7.15. The molecule has 2 fully saturated rings. The van der Waals surface area contributed by atoms with E-state index < -0.39 is 0 Å². The van der Waals surface area contributed by atoms with Gasteiger partial charge in [-0.1, -0.05) is 15.9 Å². The van der Waals surface area contributed by atoms with Crippen LogP contribution in [0.3, 0.4) is 0 Å². The van der Waals surface area contributed by atoms with Crippen molar-refractivity contribution in [1.82, 2.24) is 15.1 Å². The number of rotatable bonds is 2. The number of halogens is 1. The third kappa shape index (κ3) is 2.75. The third-order valence-electron chi connectivity index (χ3n) is 4.24.